The van der Waals surface area contributed by atoms with Crippen molar-refractivity contribution in [3.05, 3.63) is 53.4 Å². The predicted octanol–water partition coefficient (Wildman–Crippen LogP) is 1.77. The summed E-state index contributed by atoms with van der Waals surface area (Å²) < 4.78 is 0. The van der Waals surface area contributed by atoms with Gasteiger partial charge < -0.3 is 11.1 Å². The van der Waals surface area contributed by atoms with Crippen LogP contribution in [0.1, 0.15) is 11.6 Å². The number of benzene rings is 1. The van der Waals surface area contributed by atoms with Crippen molar-refractivity contribution in [3.8, 4) is 0 Å². The molecule has 0 saturated heterocycles. The quantitative estimate of drug-likeness (QED) is 0.826. The molecule has 0 fully saturated rings. The first kappa shape index (κ1) is 12.5. The van der Waals surface area contributed by atoms with E-state index in [1.54, 1.807) is 12.1 Å². The van der Waals surface area contributed by atoms with Crippen LogP contribution in [0, 0.1) is 0 Å². The highest BCUT2D eigenvalue weighted by atomic mass is 35.5. The third-order valence-corrected chi connectivity index (χ3v) is 2.53. The van der Waals surface area contributed by atoms with Crippen LogP contribution in [0.2, 0.25) is 5.15 Å². The molecule has 2 aromatic rings. The summed E-state index contributed by atoms with van der Waals surface area (Å²) in [4.78, 5) is 19.5. The van der Waals surface area contributed by atoms with Crippen molar-refractivity contribution in [2.45, 2.75) is 6.04 Å². The molecular formula is C12H11ClN4O. The van der Waals surface area contributed by atoms with Crippen LogP contribution in [0.3, 0.4) is 0 Å². The number of anilines is 1. The molecule has 5 nitrogen and oxygen atoms in total. The number of carbonyl (C=O) groups excluding carboxylic acids is 1. The first-order valence-electron chi connectivity index (χ1n) is 5.26. The normalized spacial score (nSPS) is 11.9. The fourth-order valence-electron chi connectivity index (χ4n) is 1.42. The van der Waals surface area contributed by atoms with Crippen molar-refractivity contribution in [1.29, 1.82) is 0 Å². The van der Waals surface area contributed by atoms with Gasteiger partial charge in [0.15, 0.2) is 0 Å². The second-order valence-electron chi connectivity index (χ2n) is 3.60. The van der Waals surface area contributed by atoms with Crippen molar-refractivity contribution in [2.24, 2.45) is 5.73 Å². The zero-order chi connectivity index (χ0) is 13.0. The van der Waals surface area contributed by atoms with Crippen molar-refractivity contribution < 1.29 is 4.79 Å². The van der Waals surface area contributed by atoms with E-state index in [4.69, 9.17) is 17.3 Å². The van der Waals surface area contributed by atoms with Gasteiger partial charge in [-0.25, -0.2) is 9.97 Å². The average molecular weight is 263 g/mol. The minimum atomic E-state index is -0.750. The van der Waals surface area contributed by atoms with Gasteiger partial charge in [0.05, 0.1) is 0 Å². The van der Waals surface area contributed by atoms with Gasteiger partial charge in [0, 0.05) is 6.07 Å². The monoisotopic (exact) mass is 262 g/mol. The third kappa shape index (κ3) is 3.03. The molecule has 0 bridgehead atoms. The maximum absolute atomic E-state index is 11.9. The Labute approximate surface area is 109 Å². The van der Waals surface area contributed by atoms with E-state index in [2.05, 4.69) is 15.3 Å². The van der Waals surface area contributed by atoms with Crippen LogP contribution < -0.4 is 11.1 Å². The van der Waals surface area contributed by atoms with E-state index in [9.17, 15) is 4.79 Å². The smallest absolute Gasteiger partial charge is 0.247 e. The molecule has 0 aliphatic rings. The summed E-state index contributed by atoms with van der Waals surface area (Å²) in [5, 5.41) is 2.84. The molecule has 1 aromatic carbocycles. The van der Waals surface area contributed by atoms with E-state index < -0.39 is 6.04 Å². The minimum absolute atomic E-state index is 0.258. The number of nitrogens with zero attached hydrogens (tertiary/aromatic N) is 2. The third-order valence-electron chi connectivity index (χ3n) is 2.33. The van der Waals surface area contributed by atoms with Gasteiger partial charge in [-0.05, 0) is 5.56 Å². The molecule has 18 heavy (non-hydrogen) atoms. The lowest BCUT2D eigenvalue weighted by molar-refractivity contribution is -0.117. The van der Waals surface area contributed by atoms with Crippen LogP contribution >= 0.6 is 11.6 Å². The molecule has 1 atom stereocenters. The van der Waals surface area contributed by atoms with Gasteiger partial charge in [0.2, 0.25) is 5.91 Å². The molecule has 92 valence electrons. The standard InChI is InChI=1S/C12H11ClN4O/c13-9-6-10(16-7-15-9)17-12(18)11(14)8-4-2-1-3-5-8/h1-7,11H,14H2,(H,15,16,17,18). The Morgan fingerprint density at radius 1 is 1.28 bits per heavy atom. The first-order chi connectivity index (χ1) is 8.66. The molecule has 1 aromatic heterocycles. The van der Waals surface area contributed by atoms with Gasteiger partial charge in [0.1, 0.15) is 23.3 Å². The Morgan fingerprint density at radius 3 is 2.67 bits per heavy atom. The molecule has 0 radical (unpaired) electrons. The average Bonchev–Trinajstić information content (AvgIpc) is 2.39. The summed E-state index contributed by atoms with van der Waals surface area (Å²) >= 11 is 5.69. The van der Waals surface area contributed by atoms with E-state index in [1.807, 2.05) is 18.2 Å². The number of hydrogen-bond acceptors (Lipinski definition) is 4. The first-order valence-corrected chi connectivity index (χ1v) is 5.63. The minimum Gasteiger partial charge on any atom is -0.316 e. The lowest BCUT2D eigenvalue weighted by Gasteiger charge is -2.11. The van der Waals surface area contributed by atoms with Crippen LogP contribution in [-0.2, 0) is 4.79 Å². The number of amides is 1. The molecule has 0 saturated carbocycles. The maximum atomic E-state index is 11.9. The lowest BCUT2D eigenvalue weighted by atomic mass is 10.1. The molecule has 2 rings (SSSR count). The van der Waals surface area contributed by atoms with Crippen LogP contribution in [0.4, 0.5) is 5.82 Å². The van der Waals surface area contributed by atoms with Gasteiger partial charge in [-0.2, -0.15) is 0 Å². The van der Waals surface area contributed by atoms with Gasteiger partial charge in [-0.3, -0.25) is 4.79 Å². The number of hydrogen-bond donors (Lipinski definition) is 2. The number of rotatable bonds is 3. The highest BCUT2D eigenvalue weighted by Crippen LogP contribution is 2.13. The molecule has 1 unspecified atom stereocenters. The Balaban J connectivity index is 2.09. The Bertz CT molecular complexity index is 547. The zero-order valence-corrected chi connectivity index (χ0v) is 10.1. The zero-order valence-electron chi connectivity index (χ0n) is 9.38. The number of nitrogens with two attached hydrogens (primary N) is 1. The van der Waals surface area contributed by atoms with Crippen molar-refractivity contribution in [1.82, 2.24) is 9.97 Å². The van der Waals surface area contributed by atoms with Crippen LogP contribution in [0.5, 0.6) is 0 Å². The Morgan fingerprint density at radius 2 is 2.00 bits per heavy atom. The summed E-state index contributed by atoms with van der Waals surface area (Å²) in [6.07, 6.45) is 1.27. The number of halogens is 1. The van der Waals surface area contributed by atoms with E-state index in [-0.39, 0.29) is 11.1 Å². The van der Waals surface area contributed by atoms with E-state index in [0.29, 0.717) is 5.82 Å². The van der Waals surface area contributed by atoms with Crippen molar-refractivity contribution in [2.75, 3.05) is 5.32 Å². The molecule has 0 spiro atoms. The van der Waals surface area contributed by atoms with Crippen LogP contribution in [-0.4, -0.2) is 15.9 Å². The number of carbonyl (C=O) groups is 1. The molecule has 0 aliphatic carbocycles. The second kappa shape index (κ2) is 5.57. The fraction of sp³-hybridized carbons (Fsp3) is 0.0833. The van der Waals surface area contributed by atoms with Gasteiger partial charge in [-0.15, -0.1) is 0 Å². The maximum Gasteiger partial charge on any atom is 0.247 e. The second-order valence-corrected chi connectivity index (χ2v) is 3.99. The van der Waals surface area contributed by atoms with Crippen molar-refractivity contribution in [3.63, 3.8) is 0 Å². The van der Waals surface area contributed by atoms with E-state index in [0.717, 1.165) is 5.56 Å². The molecule has 3 N–H and O–H groups in total. The van der Waals surface area contributed by atoms with Gasteiger partial charge in [-0.1, -0.05) is 41.9 Å². The summed E-state index contributed by atoms with van der Waals surface area (Å²) in [6.45, 7) is 0. The highest BCUT2D eigenvalue weighted by Gasteiger charge is 2.15. The van der Waals surface area contributed by atoms with E-state index >= 15 is 0 Å². The highest BCUT2D eigenvalue weighted by molar-refractivity contribution is 6.29. The topological polar surface area (TPSA) is 80.9 Å². The fourth-order valence-corrected chi connectivity index (χ4v) is 1.56. The van der Waals surface area contributed by atoms with Gasteiger partial charge >= 0.3 is 0 Å². The molecule has 1 heterocycles. The number of aromatic nitrogens is 2. The Kier molecular flexibility index (Phi) is 3.86. The number of nitrogens with one attached hydrogen (secondary N) is 1. The predicted molar refractivity (Wildman–Crippen MR) is 69.0 cm³/mol. The summed E-state index contributed by atoms with van der Waals surface area (Å²) in [5.74, 6) is -0.0256. The SMILES string of the molecule is NC(C(=O)Nc1cc(Cl)ncn1)c1ccccc1. The largest absolute Gasteiger partial charge is 0.316 e. The van der Waals surface area contributed by atoms with Crippen LogP contribution in [0.25, 0.3) is 0 Å². The van der Waals surface area contributed by atoms with Gasteiger partial charge in [0.25, 0.3) is 0 Å². The molecular weight excluding hydrogens is 252 g/mol. The van der Waals surface area contributed by atoms with E-state index in [1.165, 1.54) is 12.4 Å². The summed E-state index contributed by atoms with van der Waals surface area (Å²) in [6, 6.07) is 9.79. The van der Waals surface area contributed by atoms with Crippen molar-refractivity contribution >= 4 is 23.3 Å². The molecule has 6 heteroatoms. The molecule has 1 amide bonds. The summed E-state index contributed by atoms with van der Waals surface area (Å²) in [7, 11) is 0. The van der Waals surface area contributed by atoms with Crippen LogP contribution in [0.15, 0.2) is 42.7 Å². The Hall–Kier alpha value is -1.98. The summed E-state index contributed by atoms with van der Waals surface area (Å²) in [5.41, 5.74) is 6.57. The lowest BCUT2D eigenvalue weighted by Crippen LogP contribution is -2.28. The molecule has 0 aliphatic heterocycles.